The molecule has 4 aromatic rings. The average molecular weight is 458 g/mol. The number of carbonyl (C=O) groups is 3. The van der Waals surface area contributed by atoms with Crippen molar-refractivity contribution in [1.82, 2.24) is 14.9 Å². The van der Waals surface area contributed by atoms with Gasteiger partial charge in [0, 0.05) is 23.4 Å². The molecule has 0 fully saturated rings. The highest BCUT2D eigenvalue weighted by atomic mass is 35.5. The third kappa shape index (κ3) is 3.62. The zero-order valence-electron chi connectivity index (χ0n) is 17.7. The van der Waals surface area contributed by atoms with Crippen LogP contribution in [-0.2, 0) is 4.79 Å². The second-order valence-corrected chi connectivity index (χ2v) is 8.53. The van der Waals surface area contributed by atoms with Gasteiger partial charge in [-0.25, -0.2) is 4.98 Å². The van der Waals surface area contributed by atoms with Gasteiger partial charge in [-0.05, 0) is 29.8 Å². The summed E-state index contributed by atoms with van der Waals surface area (Å²) in [6.07, 6.45) is 0. The zero-order chi connectivity index (χ0) is 23.1. The van der Waals surface area contributed by atoms with E-state index < -0.39 is 17.9 Å². The van der Waals surface area contributed by atoms with Gasteiger partial charge in [-0.1, -0.05) is 66.2 Å². The van der Waals surface area contributed by atoms with Gasteiger partial charge in [0.25, 0.3) is 5.91 Å². The lowest BCUT2D eigenvalue weighted by Gasteiger charge is -2.37. The maximum Gasteiger partial charge on any atom is 0.255 e. The van der Waals surface area contributed by atoms with Crippen LogP contribution in [0.2, 0.25) is 5.02 Å². The van der Waals surface area contributed by atoms with E-state index in [4.69, 9.17) is 16.6 Å². The van der Waals surface area contributed by atoms with Crippen molar-refractivity contribution < 1.29 is 14.4 Å². The molecule has 0 saturated carbocycles. The molecule has 0 spiro atoms. The van der Waals surface area contributed by atoms with Gasteiger partial charge in [-0.3, -0.25) is 19.0 Å². The van der Waals surface area contributed by atoms with Gasteiger partial charge in [0.15, 0.2) is 5.78 Å². The normalized spacial score (nSPS) is 19.8. The molecule has 3 atom stereocenters. The Kier molecular flexibility index (Phi) is 5.30. The van der Waals surface area contributed by atoms with Crippen molar-refractivity contribution >= 4 is 40.2 Å². The monoisotopic (exact) mass is 457 g/mol. The van der Waals surface area contributed by atoms with Crippen molar-refractivity contribution in [2.75, 3.05) is 0 Å². The lowest BCUT2D eigenvalue weighted by molar-refractivity contribution is -0.119. The van der Waals surface area contributed by atoms with Gasteiger partial charge in [-0.2, -0.15) is 0 Å². The number of hydrogen-bond donors (Lipinski definition) is 1. The first-order chi connectivity index (χ1) is 16.0. The highest BCUT2D eigenvalue weighted by Gasteiger charge is 2.48. The summed E-state index contributed by atoms with van der Waals surface area (Å²) in [5, 5.41) is 3.34. The number of amides is 1. The van der Waals surface area contributed by atoms with Crippen LogP contribution < -0.4 is 5.32 Å². The fraction of sp³-hybridized carbons (Fsp3) is 0.154. The molecule has 33 heavy (non-hydrogen) atoms. The van der Waals surface area contributed by atoms with Crippen LogP contribution in [0.5, 0.6) is 0 Å². The Morgan fingerprint density at radius 3 is 2.30 bits per heavy atom. The van der Waals surface area contributed by atoms with E-state index in [0.717, 1.165) is 5.56 Å². The molecule has 6 nitrogen and oxygen atoms in total. The van der Waals surface area contributed by atoms with E-state index in [1.165, 1.54) is 11.5 Å². The summed E-state index contributed by atoms with van der Waals surface area (Å²) in [5.41, 5.74) is 2.45. The van der Waals surface area contributed by atoms with Crippen LogP contribution in [0.15, 0.2) is 78.9 Å². The SMILES string of the molecule is CC(=O)NC1C(=O)n2c(nc3ccccc32)C(C(=O)c2ccccc2)C1c1ccc(Cl)cc1. The second-order valence-electron chi connectivity index (χ2n) is 8.10. The first-order valence-corrected chi connectivity index (χ1v) is 11.0. The minimum atomic E-state index is -0.952. The minimum absolute atomic E-state index is 0.171. The first-order valence-electron chi connectivity index (χ1n) is 10.6. The molecule has 3 aromatic carbocycles. The van der Waals surface area contributed by atoms with Crippen molar-refractivity contribution in [3.63, 3.8) is 0 Å². The molecular weight excluding hydrogens is 438 g/mol. The number of para-hydroxylation sites is 2. The van der Waals surface area contributed by atoms with Crippen LogP contribution in [0.4, 0.5) is 0 Å². The molecule has 5 rings (SSSR count). The number of carbonyl (C=O) groups excluding carboxylic acids is 3. The van der Waals surface area contributed by atoms with E-state index >= 15 is 0 Å². The summed E-state index contributed by atoms with van der Waals surface area (Å²) in [7, 11) is 0. The van der Waals surface area contributed by atoms with Gasteiger partial charge in [0.1, 0.15) is 11.9 Å². The number of nitrogens with zero attached hydrogens (tertiary/aromatic N) is 2. The van der Waals surface area contributed by atoms with E-state index in [1.807, 2.05) is 24.3 Å². The Hall–Kier alpha value is -3.77. The molecule has 1 aliphatic rings. The lowest BCUT2D eigenvalue weighted by Crippen LogP contribution is -2.53. The van der Waals surface area contributed by atoms with Gasteiger partial charge in [0.2, 0.25) is 5.91 Å². The van der Waals surface area contributed by atoms with E-state index in [9.17, 15) is 14.4 Å². The number of hydrogen-bond acceptors (Lipinski definition) is 4. The highest BCUT2D eigenvalue weighted by molar-refractivity contribution is 6.30. The van der Waals surface area contributed by atoms with Crippen LogP contribution in [0, 0.1) is 0 Å². The molecule has 3 unspecified atom stereocenters. The maximum atomic E-state index is 13.9. The number of fused-ring (bicyclic) bond motifs is 3. The number of rotatable bonds is 4. The Morgan fingerprint density at radius 1 is 0.939 bits per heavy atom. The van der Waals surface area contributed by atoms with Crippen molar-refractivity contribution in [3.05, 3.63) is 101 Å². The summed E-state index contributed by atoms with van der Waals surface area (Å²) in [4.78, 5) is 44.6. The van der Waals surface area contributed by atoms with Crippen LogP contribution in [0.25, 0.3) is 11.0 Å². The summed E-state index contributed by atoms with van der Waals surface area (Å²) in [5.74, 6) is -1.94. The van der Waals surface area contributed by atoms with Gasteiger partial charge in [0.05, 0.1) is 17.0 Å². The fourth-order valence-electron chi connectivity index (χ4n) is 4.63. The molecule has 1 aliphatic heterocycles. The Bertz CT molecular complexity index is 1380. The number of imidazole rings is 1. The number of nitrogens with one attached hydrogen (secondary N) is 1. The summed E-state index contributed by atoms with van der Waals surface area (Å²) in [6.45, 7) is 1.36. The predicted octanol–water partition coefficient (Wildman–Crippen LogP) is 4.60. The second kappa shape index (κ2) is 8.30. The molecule has 2 heterocycles. The number of ketones is 1. The Morgan fingerprint density at radius 2 is 1.61 bits per heavy atom. The minimum Gasteiger partial charge on any atom is -0.344 e. The van der Waals surface area contributed by atoms with Crippen LogP contribution in [0.3, 0.4) is 0 Å². The number of halogens is 1. The third-order valence-corrected chi connectivity index (χ3v) is 6.28. The number of aromatic nitrogens is 2. The molecule has 164 valence electrons. The first kappa shape index (κ1) is 21.1. The molecule has 1 N–H and O–H groups in total. The summed E-state index contributed by atoms with van der Waals surface area (Å²) in [6, 6.07) is 22.2. The number of Topliss-reactive ketones (excluding diaryl/α,β-unsaturated/α-hetero) is 1. The Balaban J connectivity index is 1.79. The largest absolute Gasteiger partial charge is 0.344 e. The molecule has 7 heteroatoms. The van der Waals surface area contributed by atoms with Crippen molar-refractivity contribution in [1.29, 1.82) is 0 Å². The number of benzene rings is 3. The molecule has 1 aromatic heterocycles. The van der Waals surface area contributed by atoms with Crippen molar-refractivity contribution in [2.24, 2.45) is 0 Å². The fourth-order valence-corrected chi connectivity index (χ4v) is 4.76. The average Bonchev–Trinajstić information content (AvgIpc) is 3.21. The predicted molar refractivity (Wildman–Crippen MR) is 126 cm³/mol. The standard InChI is InChI=1S/C26H20ClN3O3/c1-15(31)28-23-21(16-11-13-18(27)14-12-16)22(24(32)17-7-3-2-4-8-17)25-29-19-9-5-6-10-20(19)30(25)26(23)33/h2-14,21-23H,1H3,(H,28,31). The van der Waals surface area contributed by atoms with Crippen LogP contribution in [0.1, 0.15) is 45.3 Å². The lowest BCUT2D eigenvalue weighted by atomic mass is 9.74. The van der Waals surface area contributed by atoms with Gasteiger partial charge in [-0.15, -0.1) is 0 Å². The zero-order valence-corrected chi connectivity index (χ0v) is 18.5. The van der Waals surface area contributed by atoms with E-state index in [0.29, 0.717) is 27.4 Å². The summed E-state index contributed by atoms with van der Waals surface area (Å²) < 4.78 is 1.48. The molecule has 1 amide bonds. The van der Waals surface area contributed by atoms with Gasteiger partial charge < -0.3 is 5.32 Å². The van der Waals surface area contributed by atoms with Crippen molar-refractivity contribution in [2.45, 2.75) is 24.8 Å². The quantitative estimate of drug-likeness (QED) is 0.454. The smallest absolute Gasteiger partial charge is 0.255 e. The van der Waals surface area contributed by atoms with E-state index in [-0.39, 0.29) is 17.6 Å². The highest BCUT2D eigenvalue weighted by Crippen LogP contribution is 2.43. The van der Waals surface area contributed by atoms with Crippen LogP contribution in [-0.4, -0.2) is 33.2 Å². The molecule has 0 saturated heterocycles. The van der Waals surface area contributed by atoms with Crippen molar-refractivity contribution in [3.8, 4) is 0 Å². The van der Waals surface area contributed by atoms with E-state index in [1.54, 1.807) is 54.6 Å². The Labute approximate surface area is 195 Å². The molecule has 0 radical (unpaired) electrons. The van der Waals surface area contributed by atoms with E-state index in [2.05, 4.69) is 5.32 Å². The topological polar surface area (TPSA) is 81.1 Å². The van der Waals surface area contributed by atoms with Crippen LogP contribution >= 0.6 is 11.6 Å². The van der Waals surface area contributed by atoms with Gasteiger partial charge >= 0.3 is 0 Å². The maximum absolute atomic E-state index is 13.9. The third-order valence-electron chi connectivity index (χ3n) is 6.02. The molecular formula is C26H20ClN3O3. The molecule has 0 aliphatic carbocycles. The summed E-state index contributed by atoms with van der Waals surface area (Å²) >= 11 is 6.11. The molecule has 0 bridgehead atoms.